The maximum Gasteiger partial charge on any atom is 0.427 e. The Morgan fingerprint density at radius 3 is 2.00 bits per heavy atom. The summed E-state index contributed by atoms with van der Waals surface area (Å²) in [6.45, 7) is -2.00. The lowest BCUT2D eigenvalue weighted by molar-refractivity contribution is -0.388. The summed E-state index contributed by atoms with van der Waals surface area (Å²) in [5, 5.41) is 0. The lowest BCUT2D eigenvalue weighted by Crippen LogP contribution is -2.66. The van der Waals surface area contributed by atoms with E-state index in [1.807, 2.05) is 0 Å². The van der Waals surface area contributed by atoms with Crippen LogP contribution >= 0.6 is 22.6 Å². The minimum Gasteiger partial charge on any atom is -0.356 e. The van der Waals surface area contributed by atoms with Crippen LogP contribution in [0.2, 0.25) is 0 Å². The van der Waals surface area contributed by atoms with Gasteiger partial charge in [-0.25, -0.2) is 4.31 Å². The van der Waals surface area contributed by atoms with Crippen molar-refractivity contribution in [3.8, 4) is 0 Å². The lowest BCUT2D eigenvalue weighted by Gasteiger charge is -2.42. The quantitative estimate of drug-likeness (QED) is 0.345. The molecule has 0 atom stereocenters. The number of alkyl halides is 6. The maximum absolute atomic E-state index is 12.5. The first-order valence-corrected chi connectivity index (χ1v) is 5.80. The van der Waals surface area contributed by atoms with E-state index in [-0.39, 0.29) is 6.54 Å². The Bertz CT molecular complexity index is 240. The van der Waals surface area contributed by atoms with Crippen LogP contribution < -0.4 is 0 Å². The molecule has 1 saturated heterocycles. The average molecular weight is 287 g/mol. The van der Waals surface area contributed by atoms with E-state index >= 15 is 0 Å². The van der Waals surface area contributed by atoms with Crippen molar-refractivity contribution in [2.24, 2.45) is 0 Å². The van der Waals surface area contributed by atoms with Gasteiger partial charge < -0.3 is 4.74 Å². The van der Waals surface area contributed by atoms with Gasteiger partial charge in [0.25, 0.3) is 5.60 Å². The van der Waals surface area contributed by atoms with Crippen LogP contribution in [0.15, 0.2) is 0 Å². The van der Waals surface area contributed by atoms with Crippen LogP contribution in [0.4, 0.5) is 26.3 Å². The zero-order valence-electron chi connectivity index (χ0n) is 7.60. The van der Waals surface area contributed by atoms with Crippen LogP contribution in [0.3, 0.4) is 0 Å². The predicted molar refractivity (Wildman–Crippen MR) is 48.9 cm³/mol. The highest BCUT2D eigenvalue weighted by Gasteiger charge is 2.73. The van der Waals surface area contributed by atoms with Crippen molar-refractivity contribution in [1.82, 2.24) is 4.31 Å². The Balaban J connectivity index is 3.06. The van der Waals surface area contributed by atoms with Crippen molar-refractivity contribution in [2.45, 2.75) is 18.0 Å². The van der Waals surface area contributed by atoms with E-state index in [2.05, 4.69) is 16.4 Å². The molecule has 1 aliphatic rings. The Hall–Kier alpha value is 0.200. The third kappa shape index (κ3) is 2.39. The van der Waals surface area contributed by atoms with Gasteiger partial charge in [-0.2, -0.15) is 26.3 Å². The summed E-state index contributed by atoms with van der Waals surface area (Å²) in [7, 11) is 0.528. The van der Waals surface area contributed by atoms with Crippen LogP contribution in [0.5, 0.6) is 0 Å². The first-order valence-electron chi connectivity index (χ1n) is 3.98. The minimum absolute atomic E-state index is 0.0396. The van der Waals surface area contributed by atoms with Gasteiger partial charge in [0.2, 0.25) is 0 Å². The molecule has 0 spiro atoms. The van der Waals surface area contributed by atoms with Gasteiger partial charge in [-0.1, -0.05) is 11.7 Å². The fourth-order valence-corrected chi connectivity index (χ4v) is 2.08. The third-order valence-corrected chi connectivity index (χ3v) is 3.35. The van der Waals surface area contributed by atoms with Gasteiger partial charge in [-0.3, -0.25) is 0 Å². The van der Waals surface area contributed by atoms with Crippen LogP contribution in [-0.4, -0.2) is 42.0 Å². The largest absolute Gasteiger partial charge is 0.427 e. The Morgan fingerprint density at radius 1 is 1.12 bits per heavy atom. The highest BCUT2D eigenvalue weighted by Crippen LogP contribution is 2.48. The molecule has 1 rings (SSSR count). The van der Waals surface area contributed by atoms with Crippen molar-refractivity contribution in [3.63, 3.8) is 0 Å². The van der Waals surface area contributed by atoms with Crippen LogP contribution in [-0.2, 0) is 4.74 Å². The zero-order chi connectivity index (χ0) is 12.6. The molecule has 96 valence electrons. The Kier molecular flexibility index (Phi) is 3.98. The van der Waals surface area contributed by atoms with Crippen molar-refractivity contribution >= 4 is 22.6 Å². The molecule has 2 nitrogen and oxygen atoms in total. The SMILES string of the molecule is FC(F)(F)C1(C(F)(F)F)CN(SS)CCO1. The first-order chi connectivity index (χ1) is 7.14. The molecule has 10 heteroatoms. The number of ether oxygens (including phenoxy) is 1. The molecule has 0 aliphatic carbocycles. The normalized spacial score (nSPS) is 23.4. The number of nitrogens with zero attached hydrogens (tertiary/aromatic N) is 1. The van der Waals surface area contributed by atoms with Crippen LogP contribution in [0, 0.1) is 0 Å². The second-order valence-corrected chi connectivity index (χ2v) is 4.29. The molecule has 16 heavy (non-hydrogen) atoms. The van der Waals surface area contributed by atoms with E-state index in [9.17, 15) is 26.3 Å². The fraction of sp³-hybridized carbons (Fsp3) is 1.00. The highest BCUT2D eigenvalue weighted by atomic mass is 33.1. The fourth-order valence-electron chi connectivity index (χ4n) is 1.27. The second-order valence-electron chi connectivity index (χ2n) is 3.12. The van der Waals surface area contributed by atoms with Gasteiger partial charge >= 0.3 is 12.4 Å². The summed E-state index contributed by atoms with van der Waals surface area (Å²) in [6, 6.07) is 0. The van der Waals surface area contributed by atoms with Gasteiger partial charge in [0.1, 0.15) is 0 Å². The standard InChI is InChI=1S/C6H7F6NOS2/c7-5(8,9)4(6(10,11)12)3-13(16-15)1-2-14-4/h15H,1-3H2. The second kappa shape index (κ2) is 4.46. The topological polar surface area (TPSA) is 12.5 Å². The van der Waals surface area contributed by atoms with Gasteiger partial charge in [0.05, 0.1) is 13.2 Å². The first kappa shape index (κ1) is 14.3. The molecule has 1 fully saturated rings. The van der Waals surface area contributed by atoms with Gasteiger partial charge in [0, 0.05) is 6.54 Å². The molecule has 0 unspecified atom stereocenters. The van der Waals surface area contributed by atoms with E-state index in [0.717, 1.165) is 4.31 Å². The molecule has 0 aromatic carbocycles. The molecule has 0 aromatic rings. The number of thiol groups is 1. The zero-order valence-corrected chi connectivity index (χ0v) is 9.31. The number of morpholine rings is 1. The number of halogens is 6. The van der Waals surface area contributed by atoms with Crippen molar-refractivity contribution in [1.29, 1.82) is 0 Å². The summed E-state index contributed by atoms with van der Waals surface area (Å²) in [5.41, 5.74) is -4.12. The summed E-state index contributed by atoms with van der Waals surface area (Å²) in [5.74, 6) is 0. The molecular weight excluding hydrogens is 280 g/mol. The number of hydrogen-bond acceptors (Lipinski definition) is 4. The summed E-state index contributed by atoms with van der Waals surface area (Å²) in [6.07, 6.45) is -11.0. The molecule has 1 aliphatic heterocycles. The minimum atomic E-state index is -5.51. The monoisotopic (exact) mass is 287 g/mol. The van der Waals surface area contributed by atoms with Crippen molar-refractivity contribution < 1.29 is 31.1 Å². The molecular formula is C6H7F6NOS2. The van der Waals surface area contributed by atoms with Crippen molar-refractivity contribution in [3.05, 3.63) is 0 Å². The summed E-state index contributed by atoms with van der Waals surface area (Å²) in [4.78, 5) is 0. The van der Waals surface area contributed by atoms with E-state index in [4.69, 9.17) is 0 Å². The summed E-state index contributed by atoms with van der Waals surface area (Å²) < 4.78 is 79.8. The van der Waals surface area contributed by atoms with Gasteiger partial charge in [-0.05, 0) is 11.0 Å². The van der Waals surface area contributed by atoms with E-state index in [0.29, 0.717) is 11.0 Å². The average Bonchev–Trinajstić information content (AvgIpc) is 2.14. The Labute approximate surface area is 96.2 Å². The van der Waals surface area contributed by atoms with Gasteiger partial charge in [-0.15, -0.1) is 0 Å². The smallest absolute Gasteiger partial charge is 0.356 e. The maximum atomic E-state index is 12.5. The molecule has 0 aromatic heterocycles. The lowest BCUT2D eigenvalue weighted by atomic mass is 10.0. The summed E-state index contributed by atoms with van der Waals surface area (Å²) >= 11 is 3.59. The number of rotatable bonds is 1. The molecule has 0 saturated carbocycles. The number of hydrogen-bond donors (Lipinski definition) is 1. The van der Waals surface area contributed by atoms with E-state index < -0.39 is 31.1 Å². The van der Waals surface area contributed by atoms with Crippen LogP contribution in [0.1, 0.15) is 0 Å². The van der Waals surface area contributed by atoms with E-state index in [1.54, 1.807) is 0 Å². The Morgan fingerprint density at radius 2 is 1.62 bits per heavy atom. The predicted octanol–water partition coefficient (Wildman–Crippen LogP) is 2.67. The third-order valence-electron chi connectivity index (χ3n) is 2.12. The molecule has 0 radical (unpaired) electrons. The molecule has 0 amide bonds. The van der Waals surface area contributed by atoms with Crippen LogP contribution in [0.25, 0.3) is 0 Å². The molecule has 1 heterocycles. The highest BCUT2D eigenvalue weighted by molar-refractivity contribution is 8.67. The van der Waals surface area contributed by atoms with Gasteiger partial charge in [0.15, 0.2) is 0 Å². The molecule has 0 N–H and O–H groups in total. The van der Waals surface area contributed by atoms with Crippen molar-refractivity contribution in [2.75, 3.05) is 19.7 Å². The van der Waals surface area contributed by atoms with E-state index in [1.165, 1.54) is 0 Å². The molecule has 0 bridgehead atoms.